The lowest BCUT2D eigenvalue weighted by molar-refractivity contribution is -0.124. The molecule has 0 aliphatic rings. The number of nitrogens with one attached hydrogen (secondary N) is 2. The summed E-state index contributed by atoms with van der Waals surface area (Å²) in [5, 5.41) is 6.26. The number of ether oxygens (including phenoxy) is 1. The van der Waals surface area contributed by atoms with Crippen molar-refractivity contribution in [1.29, 1.82) is 0 Å². The maximum Gasteiger partial charge on any atom is 0.255 e. The van der Waals surface area contributed by atoms with Crippen LogP contribution in [0.15, 0.2) is 48.5 Å². The highest BCUT2D eigenvalue weighted by molar-refractivity contribution is 6.30. The van der Waals surface area contributed by atoms with Crippen LogP contribution in [0, 0.1) is 5.92 Å². The first kappa shape index (κ1) is 19.8. The number of benzene rings is 2. The van der Waals surface area contributed by atoms with Gasteiger partial charge in [-0.1, -0.05) is 49.7 Å². The third kappa shape index (κ3) is 5.23. The maximum absolute atomic E-state index is 12.6. The molecule has 0 fully saturated rings. The third-order valence-electron chi connectivity index (χ3n) is 3.94. The van der Waals surface area contributed by atoms with Crippen molar-refractivity contribution in [3.05, 3.63) is 64.7 Å². The van der Waals surface area contributed by atoms with Crippen molar-refractivity contribution in [2.45, 2.75) is 26.4 Å². The molecule has 2 aromatic carbocycles. The topological polar surface area (TPSA) is 67.4 Å². The Morgan fingerprint density at radius 2 is 1.85 bits per heavy atom. The minimum Gasteiger partial charge on any atom is -0.496 e. The molecule has 2 aromatic rings. The van der Waals surface area contributed by atoms with Crippen molar-refractivity contribution >= 4 is 23.4 Å². The molecule has 0 aromatic heterocycles. The highest BCUT2D eigenvalue weighted by Gasteiger charge is 2.25. The lowest BCUT2D eigenvalue weighted by Crippen LogP contribution is -2.49. The number of carbonyl (C=O) groups excluding carboxylic acids is 2. The van der Waals surface area contributed by atoms with Crippen LogP contribution >= 0.6 is 11.6 Å². The van der Waals surface area contributed by atoms with Gasteiger partial charge in [0.05, 0.1) is 12.7 Å². The fourth-order valence-electron chi connectivity index (χ4n) is 2.53. The van der Waals surface area contributed by atoms with Gasteiger partial charge in [0.25, 0.3) is 5.91 Å². The van der Waals surface area contributed by atoms with Gasteiger partial charge in [0.1, 0.15) is 11.8 Å². The molecule has 2 N–H and O–H groups in total. The smallest absolute Gasteiger partial charge is 0.255 e. The molecular weight excluding hydrogens is 352 g/mol. The Balaban J connectivity index is 2.05. The summed E-state index contributed by atoms with van der Waals surface area (Å²) < 4.78 is 5.21. The van der Waals surface area contributed by atoms with Gasteiger partial charge in [0.2, 0.25) is 5.91 Å². The van der Waals surface area contributed by atoms with Gasteiger partial charge >= 0.3 is 0 Å². The molecule has 5 nitrogen and oxygen atoms in total. The van der Waals surface area contributed by atoms with E-state index < -0.39 is 6.04 Å². The molecular formula is C20H23ClN2O3. The number of para-hydroxylation sites is 1. The molecule has 0 aliphatic heterocycles. The van der Waals surface area contributed by atoms with Crippen LogP contribution < -0.4 is 15.4 Å². The summed E-state index contributed by atoms with van der Waals surface area (Å²) in [7, 11) is 1.50. The summed E-state index contributed by atoms with van der Waals surface area (Å²) in [6.07, 6.45) is 0. The summed E-state index contributed by atoms with van der Waals surface area (Å²) in [6, 6.07) is 13.5. The Morgan fingerprint density at radius 3 is 2.50 bits per heavy atom. The van der Waals surface area contributed by atoms with Gasteiger partial charge in [-0.2, -0.15) is 0 Å². The van der Waals surface area contributed by atoms with Crippen LogP contribution in [0.25, 0.3) is 0 Å². The predicted molar refractivity (Wildman–Crippen MR) is 102 cm³/mol. The summed E-state index contributed by atoms with van der Waals surface area (Å²) in [6.45, 7) is 4.10. The highest BCUT2D eigenvalue weighted by Crippen LogP contribution is 2.18. The SMILES string of the molecule is COc1ccccc1C(=O)N[C@H](C(=O)NCc1cccc(Cl)c1)C(C)C. The Hall–Kier alpha value is -2.53. The summed E-state index contributed by atoms with van der Waals surface area (Å²) in [5.74, 6) is -0.206. The molecule has 26 heavy (non-hydrogen) atoms. The zero-order valence-corrected chi connectivity index (χ0v) is 15.8. The van der Waals surface area contributed by atoms with E-state index >= 15 is 0 Å². The van der Waals surface area contributed by atoms with E-state index in [2.05, 4.69) is 10.6 Å². The second kappa shape index (κ2) is 9.25. The number of rotatable bonds is 7. The van der Waals surface area contributed by atoms with Gasteiger partial charge in [0, 0.05) is 11.6 Å². The van der Waals surface area contributed by atoms with Crippen LogP contribution in [0.4, 0.5) is 0 Å². The second-order valence-electron chi connectivity index (χ2n) is 6.24. The standard InChI is InChI=1S/C20H23ClN2O3/c1-13(2)18(20(25)22-12-14-7-6-8-15(21)11-14)23-19(24)16-9-4-5-10-17(16)26-3/h4-11,13,18H,12H2,1-3H3,(H,22,25)(H,23,24)/t18-/m0/s1. The number of amides is 2. The minimum atomic E-state index is -0.661. The number of halogens is 1. The van der Waals surface area contributed by atoms with E-state index in [-0.39, 0.29) is 17.7 Å². The molecule has 0 bridgehead atoms. The lowest BCUT2D eigenvalue weighted by Gasteiger charge is -2.22. The number of carbonyl (C=O) groups is 2. The van der Waals surface area contributed by atoms with Crippen molar-refractivity contribution in [3.8, 4) is 5.75 Å². The van der Waals surface area contributed by atoms with Crippen molar-refractivity contribution in [1.82, 2.24) is 10.6 Å². The van der Waals surface area contributed by atoms with E-state index in [1.54, 1.807) is 36.4 Å². The quantitative estimate of drug-likeness (QED) is 0.780. The van der Waals surface area contributed by atoms with Crippen molar-refractivity contribution in [3.63, 3.8) is 0 Å². The van der Waals surface area contributed by atoms with Crippen LogP contribution in [0.2, 0.25) is 5.02 Å². The largest absolute Gasteiger partial charge is 0.496 e. The number of methoxy groups -OCH3 is 1. The maximum atomic E-state index is 12.6. The third-order valence-corrected chi connectivity index (χ3v) is 4.18. The lowest BCUT2D eigenvalue weighted by atomic mass is 10.0. The second-order valence-corrected chi connectivity index (χ2v) is 6.68. The molecule has 0 heterocycles. The Bertz CT molecular complexity index is 777. The van der Waals surface area contributed by atoms with E-state index in [0.29, 0.717) is 22.9 Å². The minimum absolute atomic E-state index is 0.0759. The number of hydrogen-bond donors (Lipinski definition) is 2. The average Bonchev–Trinajstić information content (AvgIpc) is 2.63. The molecule has 0 unspecified atom stereocenters. The molecule has 1 atom stereocenters. The molecule has 6 heteroatoms. The van der Waals surface area contributed by atoms with E-state index in [0.717, 1.165) is 5.56 Å². The molecule has 0 aliphatic carbocycles. The van der Waals surface area contributed by atoms with Crippen molar-refractivity contribution < 1.29 is 14.3 Å². The van der Waals surface area contributed by atoms with Gasteiger partial charge in [0.15, 0.2) is 0 Å². The average molecular weight is 375 g/mol. The van der Waals surface area contributed by atoms with Crippen molar-refractivity contribution in [2.24, 2.45) is 5.92 Å². The van der Waals surface area contributed by atoms with Crippen LogP contribution in [0.3, 0.4) is 0 Å². The van der Waals surface area contributed by atoms with Gasteiger partial charge in [-0.05, 0) is 35.7 Å². The predicted octanol–water partition coefficient (Wildman–Crippen LogP) is 3.42. The van der Waals surface area contributed by atoms with Crippen LogP contribution in [-0.4, -0.2) is 25.0 Å². The molecule has 0 saturated carbocycles. The monoisotopic (exact) mass is 374 g/mol. The Kier molecular flexibility index (Phi) is 7.04. The number of hydrogen-bond acceptors (Lipinski definition) is 3. The Labute approximate surface area is 158 Å². The van der Waals surface area contributed by atoms with Gasteiger partial charge in [-0.15, -0.1) is 0 Å². The van der Waals surface area contributed by atoms with Gasteiger partial charge in [-0.3, -0.25) is 9.59 Å². The van der Waals surface area contributed by atoms with Gasteiger partial charge < -0.3 is 15.4 Å². The van der Waals surface area contributed by atoms with Crippen molar-refractivity contribution in [2.75, 3.05) is 7.11 Å². The normalized spacial score (nSPS) is 11.7. The summed E-state index contributed by atoms with van der Waals surface area (Å²) in [4.78, 5) is 25.1. The Morgan fingerprint density at radius 1 is 1.12 bits per heavy atom. The van der Waals surface area contributed by atoms with Crippen LogP contribution in [0.1, 0.15) is 29.8 Å². The molecule has 2 rings (SSSR count). The zero-order valence-electron chi connectivity index (χ0n) is 15.1. The first-order valence-corrected chi connectivity index (χ1v) is 8.76. The van der Waals surface area contributed by atoms with E-state index in [4.69, 9.17) is 16.3 Å². The molecule has 138 valence electrons. The van der Waals surface area contributed by atoms with Gasteiger partial charge in [-0.25, -0.2) is 0 Å². The van der Waals surface area contributed by atoms with E-state index in [1.807, 2.05) is 26.0 Å². The zero-order chi connectivity index (χ0) is 19.1. The van der Waals surface area contributed by atoms with Crippen LogP contribution in [-0.2, 0) is 11.3 Å². The fourth-order valence-corrected chi connectivity index (χ4v) is 2.75. The van der Waals surface area contributed by atoms with Crippen LogP contribution in [0.5, 0.6) is 5.75 Å². The first-order valence-electron chi connectivity index (χ1n) is 8.38. The summed E-state index contributed by atoms with van der Waals surface area (Å²) >= 11 is 5.96. The highest BCUT2D eigenvalue weighted by atomic mass is 35.5. The molecule has 0 spiro atoms. The molecule has 0 radical (unpaired) electrons. The molecule has 0 saturated heterocycles. The molecule has 2 amide bonds. The van der Waals surface area contributed by atoms with E-state index in [1.165, 1.54) is 7.11 Å². The fraction of sp³-hybridized carbons (Fsp3) is 0.300. The summed E-state index contributed by atoms with van der Waals surface area (Å²) in [5.41, 5.74) is 1.28. The van der Waals surface area contributed by atoms with E-state index in [9.17, 15) is 9.59 Å². The first-order chi connectivity index (χ1) is 12.4.